The second kappa shape index (κ2) is 6.08. The molecular weight excluding hydrogens is 332 g/mol. The smallest absolute Gasteiger partial charge is 0.306 e. The standard InChI is InChI=1S/C16H20N2O5S/c1-10-7-13(18-5-2-6-24(18,22)23)3-4-14(10)15(19)17-12-8-11(9-12)16(20)21/h3-4,7,11-12H,2,5-6,8-9H2,1H3,(H,17,19)(H,20,21). The molecule has 1 aliphatic heterocycles. The van der Waals surface area contributed by atoms with Crippen LogP contribution in [0.4, 0.5) is 5.69 Å². The summed E-state index contributed by atoms with van der Waals surface area (Å²) in [4.78, 5) is 23.1. The van der Waals surface area contributed by atoms with E-state index in [1.54, 1.807) is 25.1 Å². The average Bonchev–Trinajstić information content (AvgIpc) is 2.81. The zero-order chi connectivity index (χ0) is 17.5. The molecule has 0 bridgehead atoms. The molecule has 1 saturated carbocycles. The Kier molecular flexibility index (Phi) is 4.25. The number of rotatable bonds is 4. The zero-order valence-corrected chi connectivity index (χ0v) is 14.2. The predicted octanol–water partition coefficient (Wildman–Crippen LogP) is 1.13. The van der Waals surface area contributed by atoms with Gasteiger partial charge in [-0.1, -0.05) is 0 Å². The second-order valence-corrected chi connectivity index (χ2v) is 8.43. The molecule has 1 aromatic carbocycles. The van der Waals surface area contributed by atoms with Crippen molar-refractivity contribution in [3.8, 4) is 0 Å². The molecule has 130 valence electrons. The normalized spacial score (nSPS) is 25.1. The molecule has 7 nitrogen and oxygen atoms in total. The van der Waals surface area contributed by atoms with Crippen LogP contribution in [-0.2, 0) is 14.8 Å². The van der Waals surface area contributed by atoms with Crippen LogP contribution in [0.25, 0.3) is 0 Å². The van der Waals surface area contributed by atoms with Gasteiger partial charge in [-0.05, 0) is 49.9 Å². The van der Waals surface area contributed by atoms with Crippen LogP contribution in [0.3, 0.4) is 0 Å². The lowest BCUT2D eigenvalue weighted by molar-refractivity contribution is -0.145. The van der Waals surface area contributed by atoms with Crippen LogP contribution in [0, 0.1) is 12.8 Å². The number of hydrogen-bond acceptors (Lipinski definition) is 4. The Labute approximate surface area is 140 Å². The molecule has 8 heteroatoms. The number of nitrogens with one attached hydrogen (secondary N) is 1. The summed E-state index contributed by atoms with van der Waals surface area (Å²) in [7, 11) is -3.24. The van der Waals surface area contributed by atoms with E-state index < -0.39 is 16.0 Å². The Balaban J connectivity index is 1.69. The summed E-state index contributed by atoms with van der Waals surface area (Å²) in [6.45, 7) is 2.23. The lowest BCUT2D eigenvalue weighted by atomic mass is 9.80. The number of hydrogen-bond donors (Lipinski definition) is 2. The Morgan fingerprint density at radius 3 is 2.54 bits per heavy atom. The number of carboxylic acids is 1. The Morgan fingerprint density at radius 2 is 2.00 bits per heavy atom. The molecule has 3 rings (SSSR count). The van der Waals surface area contributed by atoms with E-state index in [9.17, 15) is 18.0 Å². The topological polar surface area (TPSA) is 104 Å². The first kappa shape index (κ1) is 16.8. The number of aliphatic carboxylic acids is 1. The lowest BCUT2D eigenvalue weighted by Crippen LogP contribution is -2.46. The van der Waals surface area contributed by atoms with Gasteiger partial charge in [0, 0.05) is 18.2 Å². The molecule has 0 atom stereocenters. The van der Waals surface area contributed by atoms with E-state index in [2.05, 4.69) is 5.32 Å². The minimum Gasteiger partial charge on any atom is -0.481 e. The fourth-order valence-corrected chi connectivity index (χ4v) is 4.74. The number of carbonyl (C=O) groups is 2. The molecule has 2 fully saturated rings. The van der Waals surface area contributed by atoms with E-state index in [4.69, 9.17) is 5.11 Å². The quantitative estimate of drug-likeness (QED) is 0.845. The molecule has 0 radical (unpaired) electrons. The van der Waals surface area contributed by atoms with Gasteiger partial charge in [0.1, 0.15) is 0 Å². The van der Waals surface area contributed by atoms with Crippen molar-refractivity contribution in [2.24, 2.45) is 5.92 Å². The summed E-state index contributed by atoms with van der Waals surface area (Å²) in [5.74, 6) is -1.30. The second-order valence-electron chi connectivity index (χ2n) is 6.42. The van der Waals surface area contributed by atoms with Gasteiger partial charge in [0.15, 0.2) is 0 Å². The first-order chi connectivity index (χ1) is 11.3. The minimum atomic E-state index is -3.24. The highest BCUT2D eigenvalue weighted by atomic mass is 32.2. The van der Waals surface area contributed by atoms with Gasteiger partial charge in [0.05, 0.1) is 17.4 Å². The molecule has 0 aromatic heterocycles. The number of carbonyl (C=O) groups excluding carboxylic acids is 1. The van der Waals surface area contributed by atoms with E-state index >= 15 is 0 Å². The van der Waals surface area contributed by atoms with Crippen molar-refractivity contribution < 1.29 is 23.1 Å². The number of anilines is 1. The van der Waals surface area contributed by atoms with Crippen molar-refractivity contribution in [2.45, 2.75) is 32.2 Å². The van der Waals surface area contributed by atoms with Crippen LogP contribution in [0.2, 0.25) is 0 Å². The van der Waals surface area contributed by atoms with E-state index in [1.807, 2.05) is 0 Å². The zero-order valence-electron chi connectivity index (χ0n) is 13.4. The molecule has 0 unspecified atom stereocenters. The molecule has 24 heavy (non-hydrogen) atoms. The van der Waals surface area contributed by atoms with E-state index in [-0.39, 0.29) is 23.6 Å². The summed E-state index contributed by atoms with van der Waals surface area (Å²) >= 11 is 0. The van der Waals surface area contributed by atoms with Crippen LogP contribution >= 0.6 is 0 Å². The maximum absolute atomic E-state index is 12.3. The van der Waals surface area contributed by atoms with Crippen LogP contribution in [0.15, 0.2) is 18.2 Å². The first-order valence-corrected chi connectivity index (χ1v) is 9.53. The number of aryl methyl sites for hydroxylation is 1. The molecule has 1 saturated heterocycles. The largest absolute Gasteiger partial charge is 0.481 e. The van der Waals surface area contributed by atoms with Gasteiger partial charge in [-0.25, -0.2) is 8.42 Å². The monoisotopic (exact) mass is 352 g/mol. The van der Waals surface area contributed by atoms with Gasteiger partial charge in [-0.2, -0.15) is 0 Å². The maximum Gasteiger partial charge on any atom is 0.306 e. The van der Waals surface area contributed by atoms with Gasteiger partial charge in [-0.15, -0.1) is 0 Å². The highest BCUT2D eigenvalue weighted by Gasteiger charge is 2.35. The van der Waals surface area contributed by atoms with Gasteiger partial charge in [-0.3, -0.25) is 13.9 Å². The SMILES string of the molecule is Cc1cc(N2CCCS2(=O)=O)ccc1C(=O)NC1CC(C(=O)O)C1. The summed E-state index contributed by atoms with van der Waals surface area (Å²) in [6.07, 6.45) is 1.50. The van der Waals surface area contributed by atoms with Crippen LogP contribution in [-0.4, -0.2) is 43.7 Å². The maximum atomic E-state index is 12.3. The van der Waals surface area contributed by atoms with Crippen molar-refractivity contribution in [3.63, 3.8) is 0 Å². The molecule has 1 amide bonds. The molecular formula is C16H20N2O5S. The number of amides is 1. The first-order valence-electron chi connectivity index (χ1n) is 7.92. The summed E-state index contributed by atoms with van der Waals surface area (Å²) in [6, 6.07) is 4.86. The van der Waals surface area contributed by atoms with E-state index in [0.717, 1.165) is 0 Å². The van der Waals surface area contributed by atoms with Gasteiger partial charge in [0.25, 0.3) is 5.91 Å². The Bertz CT molecular complexity index is 784. The highest BCUT2D eigenvalue weighted by molar-refractivity contribution is 7.93. The fourth-order valence-electron chi connectivity index (χ4n) is 3.19. The third-order valence-electron chi connectivity index (χ3n) is 4.66. The molecule has 1 heterocycles. The lowest BCUT2D eigenvalue weighted by Gasteiger charge is -2.33. The molecule has 2 N–H and O–H groups in total. The van der Waals surface area contributed by atoms with Crippen LogP contribution < -0.4 is 9.62 Å². The van der Waals surface area contributed by atoms with E-state index in [0.29, 0.717) is 42.6 Å². The summed E-state index contributed by atoms with van der Waals surface area (Å²) in [5.41, 5.74) is 1.76. The van der Waals surface area contributed by atoms with Gasteiger partial charge >= 0.3 is 5.97 Å². The van der Waals surface area contributed by atoms with Crippen molar-refractivity contribution in [3.05, 3.63) is 29.3 Å². The average molecular weight is 352 g/mol. The van der Waals surface area contributed by atoms with Crippen molar-refractivity contribution in [2.75, 3.05) is 16.6 Å². The minimum absolute atomic E-state index is 0.114. The van der Waals surface area contributed by atoms with Crippen LogP contribution in [0.5, 0.6) is 0 Å². The van der Waals surface area contributed by atoms with Crippen molar-refractivity contribution in [1.29, 1.82) is 0 Å². The summed E-state index contributed by atoms with van der Waals surface area (Å²) < 4.78 is 25.3. The van der Waals surface area contributed by atoms with Crippen LogP contribution in [0.1, 0.15) is 35.2 Å². The highest BCUT2D eigenvalue weighted by Crippen LogP contribution is 2.29. The number of sulfonamides is 1. The van der Waals surface area contributed by atoms with Gasteiger partial charge < -0.3 is 10.4 Å². The van der Waals surface area contributed by atoms with E-state index in [1.165, 1.54) is 4.31 Å². The molecule has 0 spiro atoms. The molecule has 1 aliphatic carbocycles. The van der Waals surface area contributed by atoms with Crippen molar-refractivity contribution in [1.82, 2.24) is 5.32 Å². The van der Waals surface area contributed by atoms with Gasteiger partial charge in [0.2, 0.25) is 10.0 Å². The van der Waals surface area contributed by atoms with Crippen molar-refractivity contribution >= 4 is 27.6 Å². The Morgan fingerprint density at radius 1 is 1.29 bits per heavy atom. The fraction of sp³-hybridized carbons (Fsp3) is 0.500. The number of nitrogens with zero attached hydrogens (tertiary/aromatic N) is 1. The number of benzene rings is 1. The molecule has 2 aliphatic rings. The molecule has 1 aromatic rings. The third-order valence-corrected chi connectivity index (χ3v) is 6.53. The third kappa shape index (κ3) is 3.10. The predicted molar refractivity (Wildman–Crippen MR) is 88.5 cm³/mol. The Hall–Kier alpha value is -2.09. The number of carboxylic acid groups (broad SMARTS) is 1. The summed E-state index contributed by atoms with van der Waals surface area (Å²) in [5, 5.41) is 11.7.